The summed E-state index contributed by atoms with van der Waals surface area (Å²) in [5.74, 6) is -2.05. The van der Waals surface area contributed by atoms with Crippen LogP contribution < -0.4 is 15.8 Å². The van der Waals surface area contributed by atoms with Crippen LogP contribution in [-0.2, 0) is 0 Å². The number of anilines is 1. The molecule has 0 bridgehead atoms. The topological polar surface area (TPSA) is 45.5 Å². The molecule has 134 valence electrons. The SMILES string of the molecule is C[C@H]1CN(c2ccc3cc(-c4cccc(F)c4F)c(=O)oc3c2)CCN1. The Bertz CT molecular complexity index is 1030. The van der Waals surface area contributed by atoms with Crippen molar-refractivity contribution in [3.8, 4) is 11.1 Å². The monoisotopic (exact) mass is 356 g/mol. The van der Waals surface area contributed by atoms with Crippen molar-refractivity contribution in [3.05, 3.63) is 64.5 Å². The van der Waals surface area contributed by atoms with Crippen LogP contribution in [0.2, 0.25) is 0 Å². The molecule has 2 aromatic carbocycles. The summed E-state index contributed by atoms with van der Waals surface area (Å²) in [6, 6.07) is 11.3. The fraction of sp³-hybridized carbons (Fsp3) is 0.250. The number of fused-ring (bicyclic) bond motifs is 1. The average molecular weight is 356 g/mol. The highest BCUT2D eigenvalue weighted by atomic mass is 19.2. The molecule has 0 saturated carbocycles. The van der Waals surface area contributed by atoms with Gasteiger partial charge >= 0.3 is 5.63 Å². The molecule has 1 aliphatic heterocycles. The van der Waals surface area contributed by atoms with E-state index in [1.165, 1.54) is 12.1 Å². The lowest BCUT2D eigenvalue weighted by Crippen LogP contribution is -2.49. The quantitative estimate of drug-likeness (QED) is 0.714. The first-order chi connectivity index (χ1) is 12.5. The first-order valence-electron chi connectivity index (χ1n) is 8.53. The van der Waals surface area contributed by atoms with Gasteiger partial charge in [-0.05, 0) is 31.2 Å². The van der Waals surface area contributed by atoms with Crippen molar-refractivity contribution in [1.82, 2.24) is 5.32 Å². The van der Waals surface area contributed by atoms with Gasteiger partial charge < -0.3 is 14.6 Å². The van der Waals surface area contributed by atoms with E-state index in [0.29, 0.717) is 17.0 Å². The molecule has 0 aliphatic carbocycles. The highest BCUT2D eigenvalue weighted by molar-refractivity contribution is 5.84. The smallest absolute Gasteiger partial charge is 0.344 e. The van der Waals surface area contributed by atoms with Crippen molar-refractivity contribution in [3.63, 3.8) is 0 Å². The highest BCUT2D eigenvalue weighted by Crippen LogP contribution is 2.27. The third kappa shape index (κ3) is 2.97. The Kier molecular flexibility index (Phi) is 4.20. The van der Waals surface area contributed by atoms with E-state index >= 15 is 0 Å². The van der Waals surface area contributed by atoms with Crippen molar-refractivity contribution >= 4 is 16.7 Å². The molecule has 26 heavy (non-hydrogen) atoms. The Hall–Kier alpha value is -2.73. The molecular formula is C20H18F2N2O2. The van der Waals surface area contributed by atoms with Gasteiger partial charge in [-0.1, -0.05) is 12.1 Å². The van der Waals surface area contributed by atoms with Gasteiger partial charge in [-0.25, -0.2) is 13.6 Å². The predicted molar refractivity (Wildman–Crippen MR) is 97.5 cm³/mol. The number of benzene rings is 2. The molecule has 4 rings (SSSR count). The third-order valence-corrected chi connectivity index (χ3v) is 4.70. The summed E-state index contributed by atoms with van der Waals surface area (Å²) in [5, 5.41) is 4.04. The first kappa shape index (κ1) is 16.7. The van der Waals surface area contributed by atoms with Gasteiger partial charge in [0.25, 0.3) is 0 Å². The van der Waals surface area contributed by atoms with Gasteiger partial charge in [0.05, 0.1) is 5.56 Å². The summed E-state index contributed by atoms with van der Waals surface area (Å²) < 4.78 is 32.9. The van der Waals surface area contributed by atoms with Gasteiger partial charge in [-0.2, -0.15) is 0 Å². The molecule has 1 atom stereocenters. The maximum atomic E-state index is 14.0. The van der Waals surface area contributed by atoms with Crippen molar-refractivity contribution in [2.24, 2.45) is 0 Å². The van der Waals surface area contributed by atoms with Crippen LogP contribution in [0.25, 0.3) is 22.1 Å². The number of hydrogen-bond donors (Lipinski definition) is 1. The number of rotatable bonds is 2. The van der Waals surface area contributed by atoms with Gasteiger partial charge in [0, 0.05) is 48.4 Å². The lowest BCUT2D eigenvalue weighted by Gasteiger charge is -2.33. The van der Waals surface area contributed by atoms with Crippen LogP contribution >= 0.6 is 0 Å². The molecule has 0 radical (unpaired) electrons. The van der Waals surface area contributed by atoms with Crippen LogP contribution in [0.15, 0.2) is 51.7 Å². The number of hydrogen-bond acceptors (Lipinski definition) is 4. The fourth-order valence-electron chi connectivity index (χ4n) is 3.36. The van der Waals surface area contributed by atoms with E-state index in [2.05, 4.69) is 17.1 Å². The largest absolute Gasteiger partial charge is 0.422 e. The molecule has 3 aromatic rings. The summed E-state index contributed by atoms with van der Waals surface area (Å²) >= 11 is 0. The summed E-state index contributed by atoms with van der Waals surface area (Å²) in [4.78, 5) is 14.6. The van der Waals surface area contributed by atoms with Crippen LogP contribution in [0, 0.1) is 11.6 Å². The van der Waals surface area contributed by atoms with Gasteiger partial charge in [0.1, 0.15) is 5.58 Å². The number of piperazine rings is 1. The molecule has 6 heteroatoms. The van der Waals surface area contributed by atoms with E-state index in [0.717, 1.165) is 31.4 Å². The number of nitrogens with one attached hydrogen (secondary N) is 1. The molecule has 1 aromatic heterocycles. The molecule has 1 aliphatic rings. The molecule has 1 N–H and O–H groups in total. The van der Waals surface area contributed by atoms with Gasteiger partial charge in [0.2, 0.25) is 0 Å². The molecule has 0 amide bonds. The Labute approximate surface area is 149 Å². The molecule has 1 saturated heterocycles. The normalized spacial score (nSPS) is 17.7. The summed E-state index contributed by atoms with van der Waals surface area (Å²) in [7, 11) is 0. The summed E-state index contributed by atoms with van der Waals surface area (Å²) in [6.45, 7) is 4.74. The standard InChI is InChI=1S/C20H18F2N2O2/c1-12-11-24(8-7-23-12)14-6-5-13-9-16(20(25)26-18(13)10-14)15-3-2-4-17(21)19(15)22/h2-6,9-10,12,23H,7-8,11H2,1H3/t12-/m0/s1. The van der Waals surface area contributed by atoms with Crippen molar-refractivity contribution in [1.29, 1.82) is 0 Å². The number of halogens is 2. The van der Waals surface area contributed by atoms with Crippen molar-refractivity contribution in [2.75, 3.05) is 24.5 Å². The molecule has 4 nitrogen and oxygen atoms in total. The van der Waals surface area contributed by atoms with E-state index < -0.39 is 17.3 Å². The van der Waals surface area contributed by atoms with Crippen molar-refractivity contribution in [2.45, 2.75) is 13.0 Å². The second-order valence-corrected chi connectivity index (χ2v) is 6.57. The maximum absolute atomic E-state index is 14.0. The van der Waals surface area contributed by atoms with E-state index in [-0.39, 0.29) is 11.1 Å². The van der Waals surface area contributed by atoms with Gasteiger partial charge in [-0.3, -0.25) is 0 Å². The summed E-state index contributed by atoms with van der Waals surface area (Å²) in [5.41, 5.74) is 0.629. The van der Waals surface area contributed by atoms with E-state index in [4.69, 9.17) is 4.42 Å². The van der Waals surface area contributed by atoms with Gasteiger partial charge in [0.15, 0.2) is 11.6 Å². The Morgan fingerprint density at radius 3 is 2.81 bits per heavy atom. The molecular weight excluding hydrogens is 338 g/mol. The zero-order valence-electron chi connectivity index (χ0n) is 14.3. The van der Waals surface area contributed by atoms with Gasteiger partial charge in [-0.15, -0.1) is 0 Å². The zero-order valence-corrected chi connectivity index (χ0v) is 14.3. The minimum atomic E-state index is -1.05. The fourth-order valence-corrected chi connectivity index (χ4v) is 3.36. The maximum Gasteiger partial charge on any atom is 0.344 e. The van der Waals surface area contributed by atoms with E-state index in [1.54, 1.807) is 6.07 Å². The minimum absolute atomic E-state index is 0.0121. The highest BCUT2D eigenvalue weighted by Gasteiger charge is 2.18. The Morgan fingerprint density at radius 1 is 1.15 bits per heavy atom. The minimum Gasteiger partial charge on any atom is -0.422 e. The lowest BCUT2D eigenvalue weighted by atomic mass is 10.0. The van der Waals surface area contributed by atoms with Crippen LogP contribution in [0.4, 0.5) is 14.5 Å². The number of nitrogens with zero attached hydrogens (tertiary/aromatic N) is 1. The van der Waals surface area contributed by atoms with Crippen LogP contribution in [0.3, 0.4) is 0 Å². The second kappa shape index (κ2) is 6.53. The van der Waals surface area contributed by atoms with E-state index in [1.807, 2.05) is 18.2 Å². The molecule has 0 spiro atoms. The lowest BCUT2D eigenvalue weighted by molar-refractivity contribution is 0.484. The molecule has 2 heterocycles. The Balaban J connectivity index is 1.78. The summed E-state index contributed by atoms with van der Waals surface area (Å²) in [6.07, 6.45) is 0. The predicted octanol–water partition coefficient (Wildman–Crippen LogP) is 3.54. The molecule has 0 unspecified atom stereocenters. The average Bonchev–Trinajstić information content (AvgIpc) is 2.63. The zero-order chi connectivity index (χ0) is 18.3. The van der Waals surface area contributed by atoms with Crippen LogP contribution in [0.5, 0.6) is 0 Å². The second-order valence-electron chi connectivity index (χ2n) is 6.57. The molecule has 1 fully saturated rings. The first-order valence-corrected chi connectivity index (χ1v) is 8.53. The Morgan fingerprint density at radius 2 is 2.00 bits per heavy atom. The van der Waals surface area contributed by atoms with E-state index in [9.17, 15) is 13.6 Å². The van der Waals surface area contributed by atoms with Crippen molar-refractivity contribution < 1.29 is 13.2 Å². The van der Waals surface area contributed by atoms with Crippen LogP contribution in [0.1, 0.15) is 6.92 Å². The van der Waals surface area contributed by atoms with Crippen LogP contribution in [-0.4, -0.2) is 25.7 Å². The third-order valence-electron chi connectivity index (χ3n) is 4.70.